The smallest absolute Gasteiger partial charge is 0.243 e. The molecule has 0 bridgehead atoms. The average molecular weight is 305 g/mol. The van der Waals surface area contributed by atoms with E-state index in [4.69, 9.17) is 5.11 Å². The van der Waals surface area contributed by atoms with Gasteiger partial charge in [0.15, 0.2) is 0 Å². The van der Waals surface area contributed by atoms with Gasteiger partial charge in [0, 0.05) is 13.1 Å². The summed E-state index contributed by atoms with van der Waals surface area (Å²) in [5, 5.41) is 9.15. The number of hydrogen-bond donors (Lipinski definition) is 1. The molecule has 21 heavy (non-hydrogen) atoms. The van der Waals surface area contributed by atoms with E-state index in [0.717, 1.165) is 5.56 Å². The van der Waals surface area contributed by atoms with Crippen LogP contribution in [0.4, 0.5) is 0 Å². The van der Waals surface area contributed by atoms with Crippen LogP contribution in [0.15, 0.2) is 59.5 Å². The highest BCUT2D eigenvalue weighted by atomic mass is 32.2. The van der Waals surface area contributed by atoms with Gasteiger partial charge in [0.05, 0.1) is 11.5 Å². The summed E-state index contributed by atoms with van der Waals surface area (Å²) in [6.45, 7) is 2.37. The van der Waals surface area contributed by atoms with Crippen molar-refractivity contribution >= 4 is 10.0 Å². The van der Waals surface area contributed by atoms with Crippen molar-refractivity contribution in [3.63, 3.8) is 0 Å². The molecule has 0 atom stereocenters. The Morgan fingerprint density at radius 1 is 1.00 bits per heavy atom. The molecule has 0 aliphatic carbocycles. The molecule has 5 heteroatoms. The van der Waals surface area contributed by atoms with Crippen LogP contribution in [0, 0.1) is 0 Å². The topological polar surface area (TPSA) is 57.6 Å². The molecule has 0 spiro atoms. The molecule has 1 N–H and O–H groups in total. The van der Waals surface area contributed by atoms with E-state index in [0.29, 0.717) is 18.7 Å². The van der Waals surface area contributed by atoms with Gasteiger partial charge < -0.3 is 5.11 Å². The van der Waals surface area contributed by atoms with E-state index in [1.807, 2.05) is 37.3 Å². The third kappa shape index (κ3) is 3.69. The number of hydrogen-bond acceptors (Lipinski definition) is 3. The maximum atomic E-state index is 12.7. The number of sulfonamides is 1. The number of rotatable bonds is 6. The molecule has 0 aromatic heterocycles. The van der Waals surface area contributed by atoms with Gasteiger partial charge in [-0.3, -0.25) is 0 Å². The molecule has 0 aliphatic rings. The van der Waals surface area contributed by atoms with Crippen LogP contribution in [0.2, 0.25) is 0 Å². The standard InChI is InChI=1S/C16H19NO3S/c1-2-17(12-14-7-4-3-5-8-14)21(19,20)16-10-6-9-15(11-16)13-18/h3-11,18H,2,12-13H2,1H3. The lowest BCUT2D eigenvalue weighted by molar-refractivity contribution is 0.281. The minimum atomic E-state index is -3.56. The molecule has 0 fully saturated rings. The molecule has 2 aromatic rings. The molecular formula is C16H19NO3S. The summed E-state index contributed by atoms with van der Waals surface area (Å²) in [5.74, 6) is 0. The Morgan fingerprint density at radius 2 is 1.67 bits per heavy atom. The first-order valence-corrected chi connectivity index (χ1v) is 8.26. The second kappa shape index (κ2) is 6.85. The van der Waals surface area contributed by atoms with Crippen LogP contribution in [0.3, 0.4) is 0 Å². The van der Waals surface area contributed by atoms with Gasteiger partial charge in [-0.25, -0.2) is 8.42 Å². The van der Waals surface area contributed by atoms with Crippen LogP contribution in [0.25, 0.3) is 0 Å². The molecule has 2 aromatic carbocycles. The zero-order valence-electron chi connectivity index (χ0n) is 11.9. The first-order chi connectivity index (χ1) is 10.1. The van der Waals surface area contributed by atoms with Gasteiger partial charge in [0.1, 0.15) is 0 Å². The van der Waals surface area contributed by atoms with E-state index in [2.05, 4.69) is 0 Å². The van der Waals surface area contributed by atoms with Crippen molar-refractivity contribution in [3.05, 3.63) is 65.7 Å². The monoisotopic (exact) mass is 305 g/mol. The molecule has 0 aliphatic heterocycles. The van der Waals surface area contributed by atoms with E-state index < -0.39 is 10.0 Å². The van der Waals surface area contributed by atoms with Crippen molar-refractivity contribution in [1.29, 1.82) is 0 Å². The largest absolute Gasteiger partial charge is 0.392 e. The van der Waals surface area contributed by atoms with Gasteiger partial charge >= 0.3 is 0 Å². The van der Waals surface area contributed by atoms with Crippen molar-refractivity contribution in [2.75, 3.05) is 6.54 Å². The third-order valence-corrected chi connectivity index (χ3v) is 5.19. The summed E-state index contributed by atoms with van der Waals surface area (Å²) < 4.78 is 26.8. The van der Waals surface area contributed by atoms with E-state index in [9.17, 15) is 8.42 Å². The van der Waals surface area contributed by atoms with Gasteiger partial charge in [-0.15, -0.1) is 0 Å². The molecule has 0 radical (unpaired) electrons. The maximum Gasteiger partial charge on any atom is 0.243 e. The molecule has 0 heterocycles. The van der Waals surface area contributed by atoms with Crippen LogP contribution in [0.1, 0.15) is 18.1 Å². The lowest BCUT2D eigenvalue weighted by atomic mass is 10.2. The van der Waals surface area contributed by atoms with Crippen molar-refractivity contribution in [2.45, 2.75) is 25.0 Å². The van der Waals surface area contributed by atoms with E-state index in [-0.39, 0.29) is 11.5 Å². The number of aliphatic hydroxyl groups is 1. The van der Waals surface area contributed by atoms with Gasteiger partial charge in [0.25, 0.3) is 0 Å². The molecular weight excluding hydrogens is 286 g/mol. The fourth-order valence-corrected chi connectivity index (χ4v) is 3.62. The Kier molecular flexibility index (Phi) is 5.12. The fourth-order valence-electron chi connectivity index (χ4n) is 2.11. The highest BCUT2D eigenvalue weighted by molar-refractivity contribution is 7.89. The molecule has 0 unspecified atom stereocenters. The van der Waals surface area contributed by atoms with Crippen LogP contribution < -0.4 is 0 Å². The minimum absolute atomic E-state index is 0.172. The average Bonchev–Trinajstić information content (AvgIpc) is 2.53. The molecule has 0 saturated heterocycles. The van der Waals surface area contributed by atoms with Gasteiger partial charge in [0.2, 0.25) is 10.0 Å². The lowest BCUT2D eigenvalue weighted by Gasteiger charge is -2.21. The number of aliphatic hydroxyl groups excluding tert-OH is 1. The normalized spacial score (nSPS) is 11.8. The van der Waals surface area contributed by atoms with Crippen LogP contribution >= 0.6 is 0 Å². The predicted octanol–water partition coefficient (Wildman–Crippen LogP) is 2.39. The van der Waals surface area contributed by atoms with Gasteiger partial charge in [-0.2, -0.15) is 4.31 Å². The molecule has 4 nitrogen and oxygen atoms in total. The lowest BCUT2D eigenvalue weighted by Crippen LogP contribution is -2.30. The van der Waals surface area contributed by atoms with Crippen molar-refractivity contribution < 1.29 is 13.5 Å². The highest BCUT2D eigenvalue weighted by Gasteiger charge is 2.23. The quantitative estimate of drug-likeness (QED) is 0.891. The van der Waals surface area contributed by atoms with Crippen LogP contribution in [-0.4, -0.2) is 24.4 Å². The predicted molar refractivity (Wildman–Crippen MR) is 82.1 cm³/mol. The first kappa shape index (κ1) is 15.7. The second-order valence-electron chi connectivity index (χ2n) is 4.72. The van der Waals surface area contributed by atoms with E-state index in [1.54, 1.807) is 18.2 Å². The summed E-state index contributed by atoms with van der Waals surface area (Å²) in [7, 11) is -3.56. The SMILES string of the molecule is CCN(Cc1ccccc1)S(=O)(=O)c1cccc(CO)c1. The van der Waals surface area contributed by atoms with E-state index in [1.165, 1.54) is 10.4 Å². The summed E-state index contributed by atoms with van der Waals surface area (Å²) in [5.41, 5.74) is 1.54. The van der Waals surface area contributed by atoms with Crippen molar-refractivity contribution in [1.82, 2.24) is 4.31 Å². The van der Waals surface area contributed by atoms with Crippen molar-refractivity contribution in [3.8, 4) is 0 Å². The molecule has 2 rings (SSSR count). The molecule has 0 saturated carbocycles. The van der Waals surface area contributed by atoms with Gasteiger partial charge in [-0.1, -0.05) is 49.4 Å². The zero-order valence-corrected chi connectivity index (χ0v) is 12.8. The Bertz CT molecular complexity index is 684. The van der Waals surface area contributed by atoms with E-state index >= 15 is 0 Å². The van der Waals surface area contributed by atoms with Crippen LogP contribution in [-0.2, 0) is 23.2 Å². The van der Waals surface area contributed by atoms with Gasteiger partial charge in [-0.05, 0) is 23.3 Å². The Morgan fingerprint density at radius 3 is 2.29 bits per heavy atom. The third-order valence-electron chi connectivity index (χ3n) is 3.27. The summed E-state index contributed by atoms with van der Waals surface area (Å²) in [6, 6.07) is 15.9. The minimum Gasteiger partial charge on any atom is -0.392 e. The molecule has 112 valence electrons. The second-order valence-corrected chi connectivity index (χ2v) is 6.66. The Balaban J connectivity index is 2.31. The van der Waals surface area contributed by atoms with Crippen molar-refractivity contribution in [2.24, 2.45) is 0 Å². The maximum absolute atomic E-state index is 12.7. The summed E-state index contributed by atoms with van der Waals surface area (Å²) >= 11 is 0. The number of nitrogens with zero attached hydrogens (tertiary/aromatic N) is 1. The van der Waals surface area contributed by atoms with Crippen LogP contribution in [0.5, 0.6) is 0 Å². The summed E-state index contributed by atoms with van der Waals surface area (Å²) in [4.78, 5) is 0.215. The summed E-state index contributed by atoms with van der Waals surface area (Å²) in [6.07, 6.45) is 0. The molecule has 0 amide bonds. The number of benzene rings is 2. The highest BCUT2D eigenvalue weighted by Crippen LogP contribution is 2.19. The first-order valence-electron chi connectivity index (χ1n) is 6.81. The Hall–Kier alpha value is -1.69. The Labute approximate surface area is 125 Å². The fraction of sp³-hybridized carbons (Fsp3) is 0.250. The zero-order chi connectivity index (χ0) is 15.3.